The minimum absolute atomic E-state index is 0.250. The quantitative estimate of drug-likeness (QED) is 0.847. The molecule has 2 nitrogen and oxygen atoms in total. The van der Waals surface area contributed by atoms with Crippen molar-refractivity contribution < 1.29 is 14.2 Å². The Kier molecular flexibility index (Phi) is 3.40. The van der Waals surface area contributed by atoms with Crippen LogP contribution in [-0.4, -0.2) is 5.11 Å². The highest BCUT2D eigenvalue weighted by atomic mass is 35.5. The minimum atomic E-state index is -0.727. The number of aliphatic hydroxyl groups excluding tert-OH is 1. The molecule has 2 aromatic rings. The smallest absolute Gasteiger partial charge is 0.127 e. The second-order valence-corrected chi connectivity index (χ2v) is 5.48. The summed E-state index contributed by atoms with van der Waals surface area (Å²) in [5.74, 6) is 0.164. The van der Waals surface area contributed by atoms with Crippen molar-refractivity contribution in [1.29, 1.82) is 0 Å². The maximum absolute atomic E-state index is 13.2. The fourth-order valence-electron chi connectivity index (χ4n) is 2.61. The third-order valence-electron chi connectivity index (χ3n) is 3.62. The van der Waals surface area contributed by atoms with Crippen molar-refractivity contribution in [2.45, 2.75) is 25.6 Å². The maximum Gasteiger partial charge on any atom is 0.127 e. The van der Waals surface area contributed by atoms with Gasteiger partial charge in [-0.05, 0) is 48.4 Å². The van der Waals surface area contributed by atoms with Gasteiger partial charge in [0, 0.05) is 17.0 Å². The fourth-order valence-corrected chi connectivity index (χ4v) is 2.84. The van der Waals surface area contributed by atoms with E-state index in [1.807, 2.05) is 19.1 Å². The molecule has 0 fully saturated rings. The van der Waals surface area contributed by atoms with E-state index in [1.54, 1.807) is 12.1 Å². The van der Waals surface area contributed by atoms with Crippen LogP contribution in [0.3, 0.4) is 0 Å². The van der Waals surface area contributed by atoms with Crippen molar-refractivity contribution in [3.8, 4) is 5.75 Å². The molecule has 4 heteroatoms. The molecule has 0 radical (unpaired) electrons. The van der Waals surface area contributed by atoms with Crippen LogP contribution in [0, 0.1) is 12.7 Å². The second-order valence-electron chi connectivity index (χ2n) is 5.04. The lowest BCUT2D eigenvalue weighted by molar-refractivity contribution is 0.0650. The van der Waals surface area contributed by atoms with E-state index in [1.165, 1.54) is 12.1 Å². The molecule has 20 heavy (non-hydrogen) atoms. The first kappa shape index (κ1) is 13.4. The summed E-state index contributed by atoms with van der Waals surface area (Å²) < 4.78 is 19.1. The summed E-state index contributed by atoms with van der Waals surface area (Å²) in [4.78, 5) is 0. The van der Waals surface area contributed by atoms with Crippen LogP contribution in [-0.2, 0) is 0 Å². The number of fused-ring (bicyclic) bond motifs is 1. The summed E-state index contributed by atoms with van der Waals surface area (Å²) in [6.45, 7) is 1.96. The zero-order chi connectivity index (χ0) is 14.3. The molecule has 1 N–H and O–H groups in total. The third-order valence-corrected chi connectivity index (χ3v) is 3.85. The lowest BCUT2D eigenvalue weighted by Gasteiger charge is -2.30. The van der Waals surface area contributed by atoms with Gasteiger partial charge in [-0.3, -0.25) is 0 Å². The maximum atomic E-state index is 13.2. The molecule has 1 aliphatic heterocycles. The summed E-state index contributed by atoms with van der Waals surface area (Å²) in [5, 5.41) is 10.9. The number of aryl methyl sites for hydroxylation is 1. The molecule has 0 bridgehead atoms. The average molecular weight is 293 g/mol. The van der Waals surface area contributed by atoms with Crippen LogP contribution in [0.4, 0.5) is 4.39 Å². The van der Waals surface area contributed by atoms with Gasteiger partial charge >= 0.3 is 0 Å². The number of halogens is 2. The van der Waals surface area contributed by atoms with Gasteiger partial charge in [0.25, 0.3) is 0 Å². The SMILES string of the molecule is Cc1cc(Cl)ccc1C1C[C@H](O)c2cc(F)ccc2O1. The number of benzene rings is 2. The molecule has 2 aromatic carbocycles. The Morgan fingerprint density at radius 2 is 2.00 bits per heavy atom. The van der Waals surface area contributed by atoms with Crippen LogP contribution in [0.5, 0.6) is 5.75 Å². The molecule has 0 spiro atoms. The number of rotatable bonds is 1. The van der Waals surface area contributed by atoms with Crippen molar-refractivity contribution in [2.24, 2.45) is 0 Å². The third kappa shape index (κ3) is 2.39. The van der Waals surface area contributed by atoms with Crippen LogP contribution >= 0.6 is 11.6 Å². The predicted molar refractivity (Wildman–Crippen MR) is 75.5 cm³/mol. The standard InChI is InChI=1S/C16H14ClFO2/c1-9-6-10(17)2-4-12(9)16-8-14(19)13-7-11(18)3-5-15(13)20-16/h2-7,14,16,19H,8H2,1H3/t14-,16?/m0/s1. The topological polar surface area (TPSA) is 29.5 Å². The van der Waals surface area contributed by atoms with Crippen molar-refractivity contribution >= 4 is 11.6 Å². The first-order valence-corrected chi connectivity index (χ1v) is 6.82. The predicted octanol–water partition coefficient (Wildman–Crippen LogP) is 4.34. The molecule has 0 saturated carbocycles. The second kappa shape index (κ2) is 5.08. The number of ether oxygens (including phenoxy) is 1. The monoisotopic (exact) mass is 292 g/mol. The Morgan fingerprint density at radius 3 is 2.75 bits per heavy atom. The van der Waals surface area contributed by atoms with Gasteiger partial charge in [-0.25, -0.2) is 4.39 Å². The Morgan fingerprint density at radius 1 is 1.20 bits per heavy atom. The lowest BCUT2D eigenvalue weighted by atomic mass is 9.93. The van der Waals surface area contributed by atoms with E-state index < -0.39 is 6.10 Å². The summed E-state index contributed by atoms with van der Waals surface area (Å²) in [6, 6.07) is 9.80. The van der Waals surface area contributed by atoms with E-state index in [4.69, 9.17) is 16.3 Å². The Hall–Kier alpha value is -1.58. The normalized spacial score (nSPS) is 21.2. The van der Waals surface area contributed by atoms with Gasteiger partial charge < -0.3 is 9.84 Å². The van der Waals surface area contributed by atoms with Crippen molar-refractivity contribution in [3.63, 3.8) is 0 Å². The summed E-state index contributed by atoms with van der Waals surface area (Å²) >= 11 is 5.95. The molecule has 1 unspecified atom stereocenters. The van der Waals surface area contributed by atoms with Crippen LogP contribution in [0.1, 0.15) is 35.3 Å². The highest BCUT2D eigenvalue weighted by molar-refractivity contribution is 6.30. The summed E-state index contributed by atoms with van der Waals surface area (Å²) in [7, 11) is 0. The molecule has 0 aliphatic carbocycles. The van der Waals surface area contributed by atoms with E-state index in [9.17, 15) is 9.50 Å². The zero-order valence-electron chi connectivity index (χ0n) is 10.9. The zero-order valence-corrected chi connectivity index (χ0v) is 11.7. The Labute approximate surface area is 121 Å². The summed E-state index contributed by atoms with van der Waals surface area (Å²) in [5.41, 5.74) is 2.51. The lowest BCUT2D eigenvalue weighted by Crippen LogP contribution is -2.19. The van der Waals surface area contributed by atoms with Crippen LogP contribution in [0.2, 0.25) is 5.02 Å². The Balaban J connectivity index is 1.97. The van der Waals surface area contributed by atoms with E-state index in [-0.39, 0.29) is 11.9 Å². The van der Waals surface area contributed by atoms with Gasteiger partial charge in [0.15, 0.2) is 0 Å². The Bertz CT molecular complexity index is 657. The molecule has 2 atom stereocenters. The highest BCUT2D eigenvalue weighted by Crippen LogP contribution is 2.41. The molecule has 1 heterocycles. The van der Waals surface area contributed by atoms with Crippen molar-refractivity contribution in [1.82, 2.24) is 0 Å². The molecule has 104 valence electrons. The number of aliphatic hydroxyl groups is 1. The van der Waals surface area contributed by atoms with E-state index in [0.29, 0.717) is 22.8 Å². The van der Waals surface area contributed by atoms with E-state index in [0.717, 1.165) is 11.1 Å². The van der Waals surface area contributed by atoms with Gasteiger partial charge in [0.1, 0.15) is 17.7 Å². The van der Waals surface area contributed by atoms with Gasteiger partial charge in [-0.1, -0.05) is 17.7 Å². The molecule has 1 aliphatic rings. The number of hydrogen-bond donors (Lipinski definition) is 1. The largest absolute Gasteiger partial charge is 0.485 e. The van der Waals surface area contributed by atoms with Crippen LogP contribution < -0.4 is 4.74 Å². The fraction of sp³-hybridized carbons (Fsp3) is 0.250. The van der Waals surface area contributed by atoms with E-state index in [2.05, 4.69) is 0 Å². The first-order valence-electron chi connectivity index (χ1n) is 6.45. The molecule has 0 aromatic heterocycles. The van der Waals surface area contributed by atoms with Crippen molar-refractivity contribution in [2.75, 3.05) is 0 Å². The summed E-state index contributed by atoms with van der Waals surface area (Å²) in [6.07, 6.45) is -0.575. The molecular formula is C16H14ClFO2. The van der Waals surface area contributed by atoms with Gasteiger partial charge in [-0.15, -0.1) is 0 Å². The van der Waals surface area contributed by atoms with Gasteiger partial charge in [0.05, 0.1) is 6.10 Å². The minimum Gasteiger partial charge on any atom is -0.485 e. The molecule has 3 rings (SSSR count). The van der Waals surface area contributed by atoms with Crippen molar-refractivity contribution in [3.05, 3.63) is 63.9 Å². The molecular weight excluding hydrogens is 279 g/mol. The van der Waals surface area contributed by atoms with Gasteiger partial charge in [-0.2, -0.15) is 0 Å². The number of hydrogen-bond acceptors (Lipinski definition) is 2. The average Bonchev–Trinajstić information content (AvgIpc) is 2.39. The molecule has 0 amide bonds. The molecule has 0 saturated heterocycles. The van der Waals surface area contributed by atoms with E-state index >= 15 is 0 Å². The highest BCUT2D eigenvalue weighted by Gasteiger charge is 2.29. The van der Waals surface area contributed by atoms with Crippen LogP contribution in [0.25, 0.3) is 0 Å². The van der Waals surface area contributed by atoms with Gasteiger partial charge in [0.2, 0.25) is 0 Å². The first-order chi connectivity index (χ1) is 9.54. The van der Waals surface area contributed by atoms with Crippen LogP contribution in [0.15, 0.2) is 36.4 Å².